The molecule has 0 aliphatic carbocycles. The zero-order valence-corrected chi connectivity index (χ0v) is 20.0. The van der Waals surface area contributed by atoms with Gasteiger partial charge in [-0.2, -0.15) is 39.5 Å². The Kier molecular flexibility index (Phi) is 4.52. The molecule has 41 heavy (non-hydrogen) atoms. The molecule has 0 saturated carbocycles. The van der Waals surface area contributed by atoms with Crippen molar-refractivity contribution in [1.82, 2.24) is 18.8 Å². The summed E-state index contributed by atoms with van der Waals surface area (Å²) in [5.74, 6) is 0. The average Bonchev–Trinajstić information content (AvgIpc) is 3.55. The number of benzene rings is 3. The van der Waals surface area contributed by atoms with Crippen molar-refractivity contribution in [1.29, 1.82) is 0 Å². The Bertz CT molecular complexity index is 2380. The second kappa shape index (κ2) is 7.33. The molecule has 0 N–H and O–H groups in total. The van der Waals surface area contributed by atoms with Gasteiger partial charge in [0.05, 0.1) is 38.5 Å². The molecule has 4 aromatic heterocycles. The van der Waals surface area contributed by atoms with E-state index in [1.165, 1.54) is 13.0 Å². The van der Waals surface area contributed by atoms with Crippen molar-refractivity contribution < 1.29 is 39.5 Å². The number of nitrogens with zero attached hydrogens (tertiary/aromatic N) is 4. The largest absolute Gasteiger partial charge is 0.418 e. The molecular weight excluding hydrogens is 571 g/mol. The molecule has 0 spiro atoms. The molecular formula is C26H9F9N4O2. The molecule has 0 radical (unpaired) electrons. The zero-order chi connectivity index (χ0) is 29.5. The van der Waals surface area contributed by atoms with Gasteiger partial charge in [-0.15, -0.1) is 0 Å². The molecule has 0 atom stereocenters. The predicted octanol–water partition coefficient (Wildman–Crippen LogP) is 6.56. The van der Waals surface area contributed by atoms with E-state index in [0.717, 1.165) is 22.6 Å². The van der Waals surface area contributed by atoms with E-state index in [1.54, 1.807) is 0 Å². The second-order valence-corrected chi connectivity index (χ2v) is 9.66. The van der Waals surface area contributed by atoms with Gasteiger partial charge in [0.1, 0.15) is 22.3 Å². The molecule has 3 aromatic carbocycles. The lowest BCUT2D eigenvalue weighted by atomic mass is 10.1. The third-order valence-electron chi connectivity index (χ3n) is 7.11. The number of aromatic nitrogens is 4. The first-order chi connectivity index (χ1) is 19.0. The summed E-state index contributed by atoms with van der Waals surface area (Å²) in [4.78, 5) is 34.7. The van der Waals surface area contributed by atoms with Gasteiger partial charge in [-0.1, -0.05) is 0 Å². The van der Waals surface area contributed by atoms with Crippen LogP contribution in [0.5, 0.6) is 0 Å². The highest BCUT2D eigenvalue weighted by Gasteiger charge is 2.40. The van der Waals surface area contributed by atoms with Crippen LogP contribution in [0, 0.1) is 6.92 Å². The number of halogens is 9. The highest BCUT2D eigenvalue weighted by Crippen LogP contribution is 2.41. The van der Waals surface area contributed by atoms with Gasteiger partial charge in [-0.25, -0.2) is 9.97 Å². The van der Waals surface area contributed by atoms with Gasteiger partial charge in [0.15, 0.2) is 0 Å². The van der Waals surface area contributed by atoms with Gasteiger partial charge < -0.3 is 0 Å². The molecule has 0 bridgehead atoms. The Morgan fingerprint density at radius 3 is 1.44 bits per heavy atom. The minimum Gasteiger partial charge on any atom is -0.268 e. The number of aryl methyl sites for hydroxylation is 1. The molecule has 7 aromatic rings. The number of hydrogen-bond acceptors (Lipinski definition) is 4. The SMILES string of the molecule is Cc1cc(C(F)(F)F)c2nc3c4cc5c(=O)n6c7cc(C(F)(F)F)cc(C(F)(F)F)c7nc6c5cc4c(=O)n3c2c1. The van der Waals surface area contributed by atoms with Crippen molar-refractivity contribution in [2.45, 2.75) is 25.5 Å². The summed E-state index contributed by atoms with van der Waals surface area (Å²) in [5.41, 5.74) is -8.93. The summed E-state index contributed by atoms with van der Waals surface area (Å²) in [7, 11) is 0. The molecule has 0 aliphatic heterocycles. The fraction of sp³-hybridized carbons (Fsp3) is 0.154. The second-order valence-electron chi connectivity index (χ2n) is 9.66. The minimum absolute atomic E-state index is 0.0221. The Hall–Kier alpha value is -4.69. The summed E-state index contributed by atoms with van der Waals surface area (Å²) in [6, 6.07) is 4.76. The first-order valence-corrected chi connectivity index (χ1v) is 11.6. The molecule has 0 fully saturated rings. The highest BCUT2D eigenvalue weighted by molar-refractivity contribution is 6.11. The predicted molar refractivity (Wildman–Crippen MR) is 129 cm³/mol. The molecule has 208 valence electrons. The summed E-state index contributed by atoms with van der Waals surface area (Å²) >= 11 is 0. The van der Waals surface area contributed by atoms with Gasteiger partial charge in [0, 0.05) is 10.8 Å². The quantitative estimate of drug-likeness (QED) is 0.191. The van der Waals surface area contributed by atoms with Crippen molar-refractivity contribution in [3.63, 3.8) is 0 Å². The Morgan fingerprint density at radius 2 is 1.00 bits per heavy atom. The third kappa shape index (κ3) is 3.28. The molecule has 15 heteroatoms. The van der Waals surface area contributed by atoms with Crippen LogP contribution in [0.3, 0.4) is 0 Å². The standard InChI is InChI=1S/C26H9F9N4O2/c1-8-2-14(25(30,31)32)18-16(3-8)38-20(36-18)10-6-13-11(7-12(10)22(38)40)21-37-19-15(26(33,34)35)4-9(24(27,28)29)5-17(19)39(21)23(13)41/h2-7H,1H3. The lowest BCUT2D eigenvalue weighted by Gasteiger charge is -2.12. The van der Waals surface area contributed by atoms with Crippen molar-refractivity contribution in [3.05, 3.63) is 79.4 Å². The fourth-order valence-corrected chi connectivity index (χ4v) is 5.43. The summed E-state index contributed by atoms with van der Waals surface area (Å²) in [5, 5.41) is -0.489. The van der Waals surface area contributed by atoms with Gasteiger partial charge in [0.25, 0.3) is 11.1 Å². The maximum atomic E-state index is 13.7. The molecule has 0 aliphatic rings. The zero-order valence-electron chi connectivity index (χ0n) is 20.0. The number of hydrogen-bond donors (Lipinski definition) is 0. The van der Waals surface area contributed by atoms with E-state index in [2.05, 4.69) is 9.97 Å². The van der Waals surface area contributed by atoms with E-state index in [9.17, 15) is 49.1 Å². The van der Waals surface area contributed by atoms with Crippen LogP contribution in [0.15, 0.2) is 46.0 Å². The molecule has 0 amide bonds. The number of rotatable bonds is 0. The van der Waals surface area contributed by atoms with Crippen LogP contribution in [0.2, 0.25) is 0 Å². The van der Waals surface area contributed by atoms with Crippen LogP contribution in [0.25, 0.3) is 54.9 Å². The molecule has 0 unspecified atom stereocenters. The summed E-state index contributed by atoms with van der Waals surface area (Å²) in [6.07, 6.45) is -15.2. The van der Waals surface area contributed by atoms with E-state index < -0.39 is 68.5 Å². The Labute approximate surface area is 218 Å². The van der Waals surface area contributed by atoms with E-state index in [4.69, 9.17) is 0 Å². The van der Waals surface area contributed by atoms with Crippen LogP contribution in [-0.2, 0) is 18.5 Å². The highest BCUT2D eigenvalue weighted by atomic mass is 19.4. The lowest BCUT2D eigenvalue weighted by molar-refractivity contribution is -0.142. The summed E-state index contributed by atoms with van der Waals surface area (Å²) < 4.78 is 124. The average molecular weight is 580 g/mol. The normalized spacial score (nSPS) is 13.8. The number of fused-ring (bicyclic) bond motifs is 10. The fourth-order valence-electron chi connectivity index (χ4n) is 5.43. The van der Waals surface area contributed by atoms with Gasteiger partial charge in [-0.05, 0) is 48.9 Å². The van der Waals surface area contributed by atoms with Crippen molar-refractivity contribution in [2.75, 3.05) is 0 Å². The van der Waals surface area contributed by atoms with E-state index in [-0.39, 0.29) is 44.3 Å². The van der Waals surface area contributed by atoms with Crippen molar-refractivity contribution in [2.24, 2.45) is 0 Å². The lowest BCUT2D eigenvalue weighted by Crippen LogP contribution is -2.12. The topological polar surface area (TPSA) is 68.7 Å². The van der Waals surface area contributed by atoms with Gasteiger partial charge in [0.2, 0.25) is 0 Å². The van der Waals surface area contributed by atoms with Crippen molar-refractivity contribution in [3.8, 4) is 0 Å². The smallest absolute Gasteiger partial charge is 0.268 e. The molecule has 6 nitrogen and oxygen atoms in total. The Morgan fingerprint density at radius 1 is 0.561 bits per heavy atom. The Balaban J connectivity index is 1.63. The first kappa shape index (κ1) is 25.3. The molecule has 4 heterocycles. The van der Waals surface area contributed by atoms with Crippen molar-refractivity contribution >= 4 is 54.9 Å². The van der Waals surface area contributed by atoms with Crippen LogP contribution in [0.4, 0.5) is 39.5 Å². The first-order valence-electron chi connectivity index (χ1n) is 11.6. The van der Waals surface area contributed by atoms with Gasteiger partial charge >= 0.3 is 18.5 Å². The third-order valence-corrected chi connectivity index (χ3v) is 7.11. The molecule has 0 saturated heterocycles. The van der Waals surface area contributed by atoms with Crippen LogP contribution < -0.4 is 11.1 Å². The maximum Gasteiger partial charge on any atom is 0.418 e. The molecule has 7 rings (SSSR count). The van der Waals surface area contributed by atoms with E-state index in [1.807, 2.05) is 0 Å². The van der Waals surface area contributed by atoms with Crippen LogP contribution >= 0.6 is 0 Å². The summed E-state index contributed by atoms with van der Waals surface area (Å²) in [6.45, 7) is 1.40. The van der Waals surface area contributed by atoms with E-state index >= 15 is 0 Å². The van der Waals surface area contributed by atoms with Gasteiger partial charge in [-0.3, -0.25) is 18.4 Å². The van der Waals surface area contributed by atoms with Crippen LogP contribution in [-0.4, -0.2) is 18.8 Å². The minimum atomic E-state index is -5.24. The number of alkyl halides is 9. The van der Waals surface area contributed by atoms with E-state index in [0.29, 0.717) is 10.5 Å². The van der Waals surface area contributed by atoms with Crippen LogP contribution in [0.1, 0.15) is 22.3 Å². The monoisotopic (exact) mass is 580 g/mol. The number of imidazole rings is 2. The maximum absolute atomic E-state index is 13.7.